The van der Waals surface area contributed by atoms with Crippen LogP contribution in [0.15, 0.2) is 59.6 Å². The zero-order valence-corrected chi connectivity index (χ0v) is 18.7. The van der Waals surface area contributed by atoms with Crippen LogP contribution in [0.2, 0.25) is 0 Å². The average Bonchev–Trinajstić information content (AvgIpc) is 3.32. The molecular weight excluding hydrogens is 386 g/mol. The van der Waals surface area contributed by atoms with E-state index < -0.39 is 0 Å². The lowest BCUT2D eigenvalue weighted by atomic mass is 10.1. The van der Waals surface area contributed by atoms with E-state index in [2.05, 4.69) is 56.2 Å². The summed E-state index contributed by atoms with van der Waals surface area (Å²) in [5, 5.41) is 9.86. The fourth-order valence-electron chi connectivity index (χ4n) is 4.00. The van der Waals surface area contributed by atoms with Gasteiger partial charge in [-0.1, -0.05) is 49.4 Å². The molecule has 2 aromatic rings. The van der Waals surface area contributed by atoms with Crippen molar-refractivity contribution in [2.24, 2.45) is 4.99 Å². The summed E-state index contributed by atoms with van der Waals surface area (Å²) in [6.45, 7) is 5.73. The summed E-state index contributed by atoms with van der Waals surface area (Å²) in [6, 6.07) is 19.0. The smallest absolute Gasteiger partial charge is 0.224 e. The average molecular weight is 422 g/mol. The standard InChI is InChI=1S/C25H35N5O/c1-3-10-24(31)29-22-14-9-11-20(17-22)18-27-25(26-2)28-19-23(30-15-7-8-16-30)21-12-5-4-6-13-21/h4-6,9,11-14,17,23H,3,7-8,10,15-16,18-19H2,1-2H3,(H,29,31)(H2,26,27,28). The van der Waals surface area contributed by atoms with Crippen molar-refractivity contribution in [3.8, 4) is 0 Å². The number of guanidine groups is 1. The van der Waals surface area contributed by atoms with E-state index in [0.29, 0.717) is 19.0 Å². The van der Waals surface area contributed by atoms with Gasteiger partial charge in [0.15, 0.2) is 5.96 Å². The lowest BCUT2D eigenvalue weighted by molar-refractivity contribution is -0.116. The second-order valence-electron chi connectivity index (χ2n) is 7.97. The van der Waals surface area contributed by atoms with Crippen molar-refractivity contribution < 1.29 is 4.79 Å². The Hall–Kier alpha value is -2.86. The fourth-order valence-corrected chi connectivity index (χ4v) is 4.00. The molecule has 0 bridgehead atoms. The van der Waals surface area contributed by atoms with Gasteiger partial charge in [0.2, 0.25) is 5.91 Å². The second-order valence-corrected chi connectivity index (χ2v) is 7.97. The lowest BCUT2D eigenvalue weighted by Gasteiger charge is -2.29. The second kappa shape index (κ2) is 12.1. The van der Waals surface area contributed by atoms with Crippen molar-refractivity contribution in [2.45, 2.75) is 45.2 Å². The van der Waals surface area contributed by atoms with Crippen molar-refractivity contribution in [3.63, 3.8) is 0 Å². The van der Waals surface area contributed by atoms with Crippen LogP contribution in [0.4, 0.5) is 5.69 Å². The highest BCUT2D eigenvalue weighted by Crippen LogP contribution is 2.24. The Bertz CT molecular complexity index is 846. The molecule has 3 N–H and O–H groups in total. The number of hydrogen-bond acceptors (Lipinski definition) is 3. The molecular formula is C25H35N5O. The normalized spacial score (nSPS) is 15.5. The van der Waals surface area contributed by atoms with Crippen LogP contribution in [0, 0.1) is 0 Å². The minimum absolute atomic E-state index is 0.0546. The number of aliphatic imine (C=N–C) groups is 1. The van der Waals surface area contributed by atoms with Crippen LogP contribution in [0.5, 0.6) is 0 Å². The molecule has 6 heteroatoms. The molecule has 1 aliphatic heterocycles. The molecule has 1 saturated heterocycles. The highest BCUT2D eigenvalue weighted by atomic mass is 16.1. The van der Waals surface area contributed by atoms with Gasteiger partial charge in [0, 0.05) is 32.2 Å². The largest absolute Gasteiger partial charge is 0.354 e. The van der Waals surface area contributed by atoms with Crippen LogP contribution >= 0.6 is 0 Å². The van der Waals surface area contributed by atoms with E-state index in [1.54, 1.807) is 7.05 Å². The van der Waals surface area contributed by atoms with Crippen LogP contribution in [0.1, 0.15) is 49.8 Å². The summed E-state index contributed by atoms with van der Waals surface area (Å²) in [6.07, 6.45) is 3.91. The van der Waals surface area contributed by atoms with Crippen LogP contribution < -0.4 is 16.0 Å². The van der Waals surface area contributed by atoms with Gasteiger partial charge >= 0.3 is 0 Å². The minimum atomic E-state index is 0.0546. The Morgan fingerprint density at radius 2 is 1.84 bits per heavy atom. The van der Waals surface area contributed by atoms with Gasteiger partial charge in [0.25, 0.3) is 0 Å². The summed E-state index contributed by atoms with van der Waals surface area (Å²) in [4.78, 5) is 18.8. The third-order valence-electron chi connectivity index (χ3n) is 5.60. The first-order valence-electron chi connectivity index (χ1n) is 11.3. The Kier molecular flexibility index (Phi) is 8.91. The van der Waals surface area contributed by atoms with Crippen LogP contribution in [0.25, 0.3) is 0 Å². The number of likely N-dealkylation sites (tertiary alicyclic amines) is 1. The number of amides is 1. The number of nitrogens with zero attached hydrogens (tertiary/aromatic N) is 2. The number of anilines is 1. The van der Waals surface area contributed by atoms with Crippen LogP contribution in [-0.4, -0.2) is 43.4 Å². The Morgan fingerprint density at radius 3 is 2.55 bits per heavy atom. The van der Waals surface area contributed by atoms with E-state index in [0.717, 1.165) is 43.3 Å². The SMILES string of the molecule is CCCC(=O)Nc1cccc(CNC(=NC)NCC(c2ccccc2)N2CCCC2)c1. The number of nitrogens with one attached hydrogen (secondary N) is 3. The maximum absolute atomic E-state index is 11.9. The fraction of sp³-hybridized carbons (Fsp3) is 0.440. The zero-order valence-electron chi connectivity index (χ0n) is 18.7. The van der Waals surface area contributed by atoms with Crippen LogP contribution in [0.3, 0.4) is 0 Å². The van der Waals surface area contributed by atoms with Gasteiger partial charge in [-0.05, 0) is 55.6 Å². The predicted molar refractivity (Wildman–Crippen MR) is 128 cm³/mol. The summed E-state index contributed by atoms with van der Waals surface area (Å²) in [7, 11) is 1.80. The topological polar surface area (TPSA) is 68.8 Å². The Morgan fingerprint density at radius 1 is 1.06 bits per heavy atom. The Balaban J connectivity index is 1.56. The van der Waals surface area contributed by atoms with Crippen molar-refractivity contribution in [1.82, 2.24) is 15.5 Å². The third kappa shape index (κ3) is 7.10. The first-order valence-corrected chi connectivity index (χ1v) is 11.3. The molecule has 2 aromatic carbocycles. The summed E-state index contributed by atoms with van der Waals surface area (Å²) < 4.78 is 0. The molecule has 0 spiro atoms. The van der Waals surface area contributed by atoms with Crippen LogP contribution in [-0.2, 0) is 11.3 Å². The molecule has 0 radical (unpaired) electrons. The molecule has 31 heavy (non-hydrogen) atoms. The maximum Gasteiger partial charge on any atom is 0.224 e. The highest BCUT2D eigenvalue weighted by Gasteiger charge is 2.23. The van der Waals surface area contributed by atoms with E-state index in [1.807, 2.05) is 31.2 Å². The summed E-state index contributed by atoms with van der Waals surface area (Å²) in [5.41, 5.74) is 3.26. The van der Waals surface area contributed by atoms with Gasteiger partial charge in [-0.15, -0.1) is 0 Å². The molecule has 166 valence electrons. The molecule has 6 nitrogen and oxygen atoms in total. The van der Waals surface area contributed by atoms with Gasteiger partial charge in [-0.2, -0.15) is 0 Å². The Labute approximate surface area is 186 Å². The number of benzene rings is 2. The summed E-state index contributed by atoms with van der Waals surface area (Å²) in [5.74, 6) is 0.833. The molecule has 1 aliphatic rings. The first kappa shape index (κ1) is 22.8. The molecule has 0 saturated carbocycles. The number of carbonyl (C=O) groups excluding carboxylic acids is 1. The molecule has 1 atom stereocenters. The molecule has 1 unspecified atom stereocenters. The highest BCUT2D eigenvalue weighted by molar-refractivity contribution is 5.90. The van der Waals surface area contributed by atoms with Gasteiger partial charge in [0.05, 0.1) is 6.04 Å². The molecule has 1 amide bonds. The zero-order chi connectivity index (χ0) is 21.9. The first-order chi connectivity index (χ1) is 15.2. The summed E-state index contributed by atoms with van der Waals surface area (Å²) >= 11 is 0. The van der Waals surface area contributed by atoms with Crippen molar-refractivity contribution in [2.75, 3.05) is 32.0 Å². The van der Waals surface area contributed by atoms with E-state index in [1.165, 1.54) is 18.4 Å². The molecule has 0 aromatic heterocycles. The van der Waals surface area contributed by atoms with Gasteiger partial charge in [-0.25, -0.2) is 0 Å². The lowest BCUT2D eigenvalue weighted by Crippen LogP contribution is -2.42. The minimum Gasteiger partial charge on any atom is -0.354 e. The third-order valence-corrected chi connectivity index (χ3v) is 5.60. The quantitative estimate of drug-likeness (QED) is 0.424. The van der Waals surface area contributed by atoms with Gasteiger partial charge in [-0.3, -0.25) is 14.7 Å². The van der Waals surface area contributed by atoms with Crippen molar-refractivity contribution >= 4 is 17.6 Å². The number of hydrogen-bond donors (Lipinski definition) is 3. The van der Waals surface area contributed by atoms with E-state index in [9.17, 15) is 4.79 Å². The molecule has 1 fully saturated rings. The molecule has 3 rings (SSSR count). The number of carbonyl (C=O) groups is 1. The van der Waals surface area contributed by atoms with Crippen molar-refractivity contribution in [3.05, 3.63) is 65.7 Å². The monoisotopic (exact) mass is 421 g/mol. The molecule has 0 aliphatic carbocycles. The number of rotatable bonds is 9. The van der Waals surface area contributed by atoms with E-state index in [4.69, 9.17) is 0 Å². The molecule has 1 heterocycles. The van der Waals surface area contributed by atoms with Gasteiger partial charge in [0.1, 0.15) is 0 Å². The van der Waals surface area contributed by atoms with E-state index >= 15 is 0 Å². The van der Waals surface area contributed by atoms with Crippen molar-refractivity contribution in [1.29, 1.82) is 0 Å². The predicted octanol–water partition coefficient (Wildman–Crippen LogP) is 3.93. The van der Waals surface area contributed by atoms with Gasteiger partial charge < -0.3 is 16.0 Å². The maximum atomic E-state index is 11.9. The van der Waals surface area contributed by atoms with E-state index in [-0.39, 0.29) is 5.91 Å².